The first-order valence-electron chi connectivity index (χ1n) is 22.1. The summed E-state index contributed by atoms with van der Waals surface area (Å²) >= 11 is 0. The van der Waals surface area contributed by atoms with Crippen molar-refractivity contribution in [2.75, 3.05) is 65.9 Å². The van der Waals surface area contributed by atoms with Crippen molar-refractivity contribution in [1.29, 1.82) is 0 Å². The van der Waals surface area contributed by atoms with Gasteiger partial charge in [-0.3, -0.25) is 19.8 Å². The summed E-state index contributed by atoms with van der Waals surface area (Å²) in [6.45, 7) is 14.0. The Bertz CT molecular complexity index is 2280. The van der Waals surface area contributed by atoms with Gasteiger partial charge in [0.25, 0.3) is 5.91 Å². The highest BCUT2D eigenvalue weighted by molar-refractivity contribution is 6.00. The van der Waals surface area contributed by atoms with Gasteiger partial charge in [-0.05, 0) is 126 Å². The number of carbonyl (C=O) groups excluding carboxylic acids is 3. The highest BCUT2D eigenvalue weighted by Gasteiger charge is 2.34. The number of ether oxygens (including phenoxy) is 3. The van der Waals surface area contributed by atoms with E-state index in [1.807, 2.05) is 52.2 Å². The maximum Gasteiger partial charge on any atom is 0.415 e. The van der Waals surface area contributed by atoms with E-state index in [1.165, 1.54) is 11.3 Å². The minimum atomic E-state index is -0.615. The van der Waals surface area contributed by atoms with Gasteiger partial charge in [-0.1, -0.05) is 12.1 Å². The fourth-order valence-corrected chi connectivity index (χ4v) is 9.46. The molecule has 0 spiro atoms. The fraction of sp³-hybridized carbons (Fsp3) is 0.489. The molecule has 5 aliphatic heterocycles. The van der Waals surface area contributed by atoms with Crippen molar-refractivity contribution in [2.45, 2.75) is 103 Å². The zero-order valence-corrected chi connectivity index (χ0v) is 36.2. The Kier molecular flexibility index (Phi) is 11.6. The number of anilines is 5. The van der Waals surface area contributed by atoms with Gasteiger partial charge in [0.1, 0.15) is 23.6 Å². The molecule has 3 saturated heterocycles. The second-order valence-corrected chi connectivity index (χ2v) is 18.1. The lowest BCUT2D eigenvalue weighted by molar-refractivity contribution is -0.138. The molecule has 3 fully saturated rings. The van der Waals surface area contributed by atoms with Crippen molar-refractivity contribution in [3.63, 3.8) is 0 Å². The van der Waals surface area contributed by atoms with Gasteiger partial charge in [0.15, 0.2) is 6.10 Å². The Labute approximate surface area is 363 Å². The van der Waals surface area contributed by atoms with E-state index in [9.17, 15) is 14.4 Å². The largest absolute Gasteiger partial charge is 0.481 e. The Balaban J connectivity index is 0.754. The molecule has 62 heavy (non-hydrogen) atoms. The average molecular weight is 844 g/mol. The molecule has 2 N–H and O–H groups in total. The molecule has 0 radical (unpaired) electrons. The molecule has 5 aliphatic rings. The number of likely N-dealkylation sites (tertiary alicyclic amines) is 1. The van der Waals surface area contributed by atoms with Gasteiger partial charge in [-0.15, -0.1) is 0 Å². The Morgan fingerprint density at radius 2 is 1.61 bits per heavy atom. The SMILES string of the molecule is Cc1c(N2CCc3cnc(Nc4ccc(N5CCC(N6CCC(c7ccc(OC8CCC(=O)NC8=O)cc7)CC6)CC5)cc4)nc3C2)cnc2c1N(C(=O)OC(C)(C)C)CCO2. The number of nitrogens with zero attached hydrogens (tertiary/aromatic N) is 7. The summed E-state index contributed by atoms with van der Waals surface area (Å²) in [5.74, 6) is 1.59. The Morgan fingerprint density at radius 3 is 2.34 bits per heavy atom. The first-order chi connectivity index (χ1) is 29.9. The Morgan fingerprint density at radius 1 is 0.855 bits per heavy atom. The van der Waals surface area contributed by atoms with Crippen molar-refractivity contribution in [1.82, 2.24) is 25.2 Å². The van der Waals surface area contributed by atoms with Crippen LogP contribution in [0.3, 0.4) is 0 Å². The van der Waals surface area contributed by atoms with E-state index in [4.69, 9.17) is 19.2 Å². The van der Waals surface area contributed by atoms with E-state index in [-0.39, 0.29) is 11.8 Å². The van der Waals surface area contributed by atoms with Gasteiger partial charge in [-0.2, -0.15) is 0 Å². The summed E-state index contributed by atoms with van der Waals surface area (Å²) in [6, 6.07) is 17.4. The zero-order valence-electron chi connectivity index (χ0n) is 36.2. The molecule has 4 aromatic rings. The van der Waals surface area contributed by atoms with Gasteiger partial charge in [0.05, 0.1) is 30.7 Å². The van der Waals surface area contributed by atoms with Gasteiger partial charge in [-0.25, -0.2) is 19.7 Å². The second-order valence-electron chi connectivity index (χ2n) is 18.1. The van der Waals surface area contributed by atoms with Crippen LogP contribution in [0.2, 0.25) is 0 Å². The Hall–Kier alpha value is -5.96. The van der Waals surface area contributed by atoms with E-state index in [2.05, 4.69) is 71.7 Å². The maximum absolute atomic E-state index is 13.2. The van der Waals surface area contributed by atoms with Crippen LogP contribution in [0.1, 0.15) is 87.6 Å². The minimum absolute atomic E-state index is 0.236. The first-order valence-corrected chi connectivity index (χ1v) is 22.1. The van der Waals surface area contributed by atoms with Gasteiger partial charge in [0, 0.05) is 61.7 Å². The standard InChI is InChI=1S/C47H57N9O6/c1-30-39(28-48-44-42(30)56(25-26-60-44)46(59)62-47(2,3)4)55-22-17-33-27-49-45(51-38(33)29-55)50-34-7-9-35(10-8-34)54-23-18-36(19-24-54)53-20-15-32(16-21-53)31-5-11-37(12-6-31)61-40-13-14-41(57)52-43(40)58/h5-12,27-28,32,36,40H,13-26,29H2,1-4H3,(H,49,50,51)(H,52,57,58). The maximum atomic E-state index is 13.2. The second kappa shape index (κ2) is 17.4. The number of carbonyl (C=O) groups is 3. The van der Waals surface area contributed by atoms with Crippen LogP contribution in [0.15, 0.2) is 60.9 Å². The summed E-state index contributed by atoms with van der Waals surface area (Å²) in [7, 11) is 0. The molecule has 326 valence electrons. The number of fused-ring (bicyclic) bond motifs is 2. The van der Waals surface area contributed by atoms with Crippen LogP contribution in [0.25, 0.3) is 0 Å². The summed E-state index contributed by atoms with van der Waals surface area (Å²) in [4.78, 5) is 60.1. The third kappa shape index (κ3) is 9.13. The molecule has 2 aromatic heterocycles. The molecular weight excluding hydrogens is 787 g/mol. The van der Waals surface area contributed by atoms with Crippen molar-refractivity contribution < 1.29 is 28.6 Å². The first kappa shape index (κ1) is 41.4. The number of rotatable bonds is 8. The predicted octanol–water partition coefficient (Wildman–Crippen LogP) is 6.65. The van der Waals surface area contributed by atoms with Crippen molar-refractivity contribution in [3.05, 3.63) is 83.3 Å². The van der Waals surface area contributed by atoms with Crippen molar-refractivity contribution in [3.8, 4) is 11.6 Å². The molecule has 0 saturated carbocycles. The predicted molar refractivity (Wildman–Crippen MR) is 237 cm³/mol. The average Bonchev–Trinajstić information content (AvgIpc) is 3.27. The number of benzene rings is 2. The number of amides is 3. The number of imide groups is 1. The van der Waals surface area contributed by atoms with Crippen LogP contribution in [-0.2, 0) is 27.3 Å². The number of hydrogen-bond donors (Lipinski definition) is 2. The van der Waals surface area contributed by atoms with E-state index < -0.39 is 17.8 Å². The lowest BCUT2D eigenvalue weighted by Crippen LogP contribution is -2.47. The molecule has 15 nitrogen and oxygen atoms in total. The number of piperidine rings is 3. The summed E-state index contributed by atoms with van der Waals surface area (Å²) in [5.41, 5.74) is 7.47. The van der Waals surface area contributed by atoms with Crippen LogP contribution in [0.4, 0.5) is 33.5 Å². The summed E-state index contributed by atoms with van der Waals surface area (Å²) in [5, 5.41) is 5.79. The molecule has 3 amide bonds. The van der Waals surface area contributed by atoms with Crippen molar-refractivity contribution >= 4 is 46.6 Å². The molecule has 2 aromatic carbocycles. The molecule has 1 unspecified atom stereocenters. The monoisotopic (exact) mass is 843 g/mol. The third-order valence-electron chi connectivity index (χ3n) is 12.8. The van der Waals surface area contributed by atoms with Crippen LogP contribution >= 0.6 is 0 Å². The van der Waals surface area contributed by atoms with E-state index in [0.29, 0.717) is 67.8 Å². The smallest absolute Gasteiger partial charge is 0.415 e. The molecule has 1 atom stereocenters. The lowest BCUT2D eigenvalue weighted by atomic mass is 9.88. The third-order valence-corrected chi connectivity index (χ3v) is 12.8. The van der Waals surface area contributed by atoms with Crippen LogP contribution in [-0.4, -0.2) is 101 Å². The van der Waals surface area contributed by atoms with Crippen LogP contribution < -0.4 is 34.8 Å². The van der Waals surface area contributed by atoms with Gasteiger partial charge >= 0.3 is 6.09 Å². The molecule has 0 aliphatic carbocycles. The number of pyridine rings is 1. The quantitative estimate of drug-likeness (QED) is 0.182. The van der Waals surface area contributed by atoms with Gasteiger partial charge in [0.2, 0.25) is 17.7 Å². The van der Waals surface area contributed by atoms with Crippen LogP contribution in [0, 0.1) is 6.92 Å². The molecule has 15 heteroatoms. The number of nitrogens with one attached hydrogen (secondary N) is 2. The van der Waals surface area contributed by atoms with E-state index in [0.717, 1.165) is 93.0 Å². The molecule has 7 heterocycles. The lowest BCUT2D eigenvalue weighted by Gasteiger charge is -2.42. The topological polar surface area (TPSA) is 155 Å². The molecular formula is C47H57N9O6. The minimum Gasteiger partial charge on any atom is -0.481 e. The summed E-state index contributed by atoms with van der Waals surface area (Å²) in [6.07, 6.45) is 8.82. The molecule has 0 bridgehead atoms. The zero-order chi connectivity index (χ0) is 43.0. The highest BCUT2D eigenvalue weighted by Crippen LogP contribution is 2.40. The van der Waals surface area contributed by atoms with Crippen molar-refractivity contribution in [2.24, 2.45) is 0 Å². The number of hydrogen-bond acceptors (Lipinski definition) is 13. The number of aromatic nitrogens is 3. The highest BCUT2D eigenvalue weighted by atomic mass is 16.6. The van der Waals surface area contributed by atoms with Crippen LogP contribution in [0.5, 0.6) is 11.6 Å². The fourth-order valence-electron chi connectivity index (χ4n) is 9.46. The van der Waals surface area contributed by atoms with E-state index in [1.54, 1.807) is 4.90 Å². The molecule has 9 rings (SSSR count). The normalized spacial score (nSPS) is 20.2. The van der Waals surface area contributed by atoms with Gasteiger partial charge < -0.3 is 34.2 Å². The summed E-state index contributed by atoms with van der Waals surface area (Å²) < 4.78 is 17.5. The van der Waals surface area contributed by atoms with E-state index >= 15 is 0 Å².